The number of hydrogen-bond acceptors (Lipinski definition) is 2. The molecule has 0 fully saturated rings. The molecule has 2 atom stereocenters. The molecule has 44 valence electrons. The summed E-state index contributed by atoms with van der Waals surface area (Å²) in [5.74, 6) is 0. The summed E-state index contributed by atoms with van der Waals surface area (Å²) in [6, 6.07) is -0.236. The Balaban J connectivity index is 3.14. The summed E-state index contributed by atoms with van der Waals surface area (Å²) in [5.41, 5.74) is 3.46. The lowest BCUT2D eigenvalue weighted by atomic mass is 10.2. The second kappa shape index (κ2) is 2.96. The maximum absolute atomic E-state index is 8.60. The van der Waals surface area contributed by atoms with E-state index in [0.29, 0.717) is 0 Å². The van der Waals surface area contributed by atoms with E-state index in [4.69, 9.17) is 10.2 Å². The molecule has 0 saturated heterocycles. The van der Waals surface area contributed by atoms with Crippen LogP contribution < -0.4 is 5.73 Å². The van der Waals surface area contributed by atoms with Crippen molar-refractivity contribution in [3.8, 4) is 0 Å². The van der Waals surface area contributed by atoms with Gasteiger partial charge in [-0.25, -0.2) is 0 Å². The van der Waals surface area contributed by atoms with Gasteiger partial charge in [-0.15, -0.1) is 0 Å². The number of aliphatic hydroxyl groups is 2. The molecule has 5 N–H and O–H groups in total. The number of aliphatic hydroxyl groups excluding tert-OH is 2. The van der Waals surface area contributed by atoms with Crippen molar-refractivity contribution < 1.29 is 15.9 Å². The average molecular weight is 106 g/mol. The van der Waals surface area contributed by atoms with Crippen LogP contribution in [0.25, 0.3) is 0 Å². The fourth-order valence-corrected chi connectivity index (χ4v) is 0.153. The zero-order valence-corrected chi connectivity index (χ0v) is 4.46. The standard InChI is InChI=1S/C4H11NO2/c1-3(7)4(5)2-6/h3-4,6-7H,2,5H2,1H3/p+1/t3-,4-/m0/s1. The van der Waals surface area contributed by atoms with Gasteiger partial charge in [0.1, 0.15) is 12.1 Å². The molecule has 0 aromatic rings. The van der Waals surface area contributed by atoms with Crippen molar-refractivity contribution >= 4 is 0 Å². The summed E-state index contributed by atoms with van der Waals surface area (Å²) in [7, 11) is 0. The zero-order chi connectivity index (χ0) is 5.86. The lowest BCUT2D eigenvalue weighted by molar-refractivity contribution is -0.441. The van der Waals surface area contributed by atoms with E-state index in [0.717, 1.165) is 0 Å². The quantitative estimate of drug-likeness (QED) is 0.380. The molecular formula is C4H12NO2+. The Labute approximate surface area is 42.8 Å². The van der Waals surface area contributed by atoms with Crippen molar-refractivity contribution in [2.45, 2.75) is 19.1 Å². The normalized spacial score (nSPS) is 18.9. The van der Waals surface area contributed by atoms with Crippen LogP contribution in [-0.4, -0.2) is 29.0 Å². The van der Waals surface area contributed by atoms with Gasteiger partial charge in [0.2, 0.25) is 0 Å². The molecule has 0 heterocycles. The van der Waals surface area contributed by atoms with Gasteiger partial charge in [-0.3, -0.25) is 0 Å². The molecule has 0 bridgehead atoms. The third-order valence-corrected chi connectivity index (χ3v) is 0.917. The van der Waals surface area contributed by atoms with E-state index < -0.39 is 6.10 Å². The monoisotopic (exact) mass is 106 g/mol. The Hall–Kier alpha value is -0.120. The van der Waals surface area contributed by atoms with Gasteiger partial charge in [0, 0.05) is 0 Å². The van der Waals surface area contributed by atoms with E-state index in [2.05, 4.69) is 5.73 Å². The van der Waals surface area contributed by atoms with Gasteiger partial charge in [-0.05, 0) is 6.92 Å². The van der Waals surface area contributed by atoms with Crippen molar-refractivity contribution in [1.29, 1.82) is 0 Å². The number of quaternary nitrogens is 1. The first-order valence-corrected chi connectivity index (χ1v) is 2.30. The Morgan fingerprint density at radius 3 is 2.14 bits per heavy atom. The molecule has 0 saturated carbocycles. The SMILES string of the molecule is C[C@H](O)[C@@H]([NH3+])CO. The zero-order valence-electron chi connectivity index (χ0n) is 4.46. The third-order valence-electron chi connectivity index (χ3n) is 0.917. The highest BCUT2D eigenvalue weighted by Crippen LogP contribution is 1.80. The third kappa shape index (κ3) is 2.56. The van der Waals surface area contributed by atoms with Gasteiger partial charge in [0.15, 0.2) is 0 Å². The fraction of sp³-hybridized carbons (Fsp3) is 1.00. The molecule has 0 aromatic heterocycles. The highest BCUT2D eigenvalue weighted by molar-refractivity contribution is 4.55. The molecule has 0 radical (unpaired) electrons. The number of rotatable bonds is 2. The topological polar surface area (TPSA) is 68.1 Å². The van der Waals surface area contributed by atoms with Crippen LogP contribution in [0.4, 0.5) is 0 Å². The van der Waals surface area contributed by atoms with Gasteiger partial charge in [0.25, 0.3) is 0 Å². The number of hydrogen-bond donors (Lipinski definition) is 3. The van der Waals surface area contributed by atoms with E-state index >= 15 is 0 Å². The minimum atomic E-state index is -0.495. The van der Waals surface area contributed by atoms with Crippen LogP contribution in [0.5, 0.6) is 0 Å². The molecule has 0 spiro atoms. The molecule has 3 nitrogen and oxygen atoms in total. The predicted octanol–water partition coefficient (Wildman–Crippen LogP) is -2.03. The van der Waals surface area contributed by atoms with Crippen LogP contribution >= 0.6 is 0 Å². The molecule has 0 aliphatic rings. The smallest absolute Gasteiger partial charge is 0.134 e. The first-order chi connectivity index (χ1) is 3.18. The van der Waals surface area contributed by atoms with Crippen LogP contribution in [-0.2, 0) is 0 Å². The maximum atomic E-state index is 8.60. The van der Waals surface area contributed by atoms with Crippen LogP contribution in [0, 0.1) is 0 Å². The summed E-state index contributed by atoms with van der Waals surface area (Å²) in [6.07, 6.45) is -0.495. The van der Waals surface area contributed by atoms with Crippen LogP contribution in [0.15, 0.2) is 0 Å². The van der Waals surface area contributed by atoms with Gasteiger partial charge in [-0.2, -0.15) is 0 Å². The van der Waals surface area contributed by atoms with Gasteiger partial charge < -0.3 is 15.9 Å². The van der Waals surface area contributed by atoms with Crippen molar-refractivity contribution in [2.24, 2.45) is 0 Å². The Morgan fingerprint density at radius 1 is 1.71 bits per heavy atom. The first kappa shape index (κ1) is 6.88. The highest BCUT2D eigenvalue weighted by atomic mass is 16.3. The van der Waals surface area contributed by atoms with Gasteiger partial charge in [-0.1, -0.05) is 0 Å². The van der Waals surface area contributed by atoms with E-state index in [1.54, 1.807) is 6.92 Å². The maximum Gasteiger partial charge on any atom is 0.134 e. The van der Waals surface area contributed by atoms with Crippen molar-refractivity contribution in [1.82, 2.24) is 0 Å². The van der Waals surface area contributed by atoms with E-state index in [9.17, 15) is 0 Å². The Morgan fingerprint density at radius 2 is 2.14 bits per heavy atom. The molecule has 0 aliphatic carbocycles. The lowest BCUT2D eigenvalue weighted by Crippen LogP contribution is -2.67. The average Bonchev–Trinajstić information content (AvgIpc) is 1.65. The summed E-state index contributed by atoms with van der Waals surface area (Å²) in [4.78, 5) is 0. The Bertz CT molecular complexity index is 47.0. The minimum Gasteiger partial charge on any atom is -0.390 e. The van der Waals surface area contributed by atoms with Gasteiger partial charge in [0.05, 0.1) is 6.61 Å². The van der Waals surface area contributed by atoms with Crippen molar-refractivity contribution in [2.75, 3.05) is 6.61 Å². The molecule has 0 rings (SSSR count). The second-order valence-electron chi connectivity index (χ2n) is 1.68. The van der Waals surface area contributed by atoms with E-state index in [-0.39, 0.29) is 12.6 Å². The molecule has 7 heavy (non-hydrogen) atoms. The molecule has 3 heteroatoms. The first-order valence-electron chi connectivity index (χ1n) is 2.30. The molecule has 0 aliphatic heterocycles. The van der Waals surface area contributed by atoms with E-state index in [1.807, 2.05) is 0 Å². The van der Waals surface area contributed by atoms with Crippen LogP contribution in [0.3, 0.4) is 0 Å². The van der Waals surface area contributed by atoms with Crippen molar-refractivity contribution in [3.63, 3.8) is 0 Å². The van der Waals surface area contributed by atoms with E-state index in [1.165, 1.54) is 0 Å². The fourth-order valence-electron chi connectivity index (χ4n) is 0.153. The largest absolute Gasteiger partial charge is 0.390 e. The molecule has 0 unspecified atom stereocenters. The van der Waals surface area contributed by atoms with Crippen LogP contribution in [0.2, 0.25) is 0 Å². The Kier molecular flexibility index (Phi) is 2.91. The summed E-state index contributed by atoms with van der Waals surface area (Å²) < 4.78 is 0. The minimum absolute atomic E-state index is 0.0440. The second-order valence-corrected chi connectivity index (χ2v) is 1.68. The molecule has 0 amide bonds. The summed E-state index contributed by atoms with van der Waals surface area (Å²) in [5, 5.41) is 16.9. The van der Waals surface area contributed by atoms with Gasteiger partial charge >= 0.3 is 0 Å². The molecule has 0 aromatic carbocycles. The molecular weight excluding hydrogens is 94.0 g/mol. The lowest BCUT2D eigenvalue weighted by Gasteiger charge is -2.05. The summed E-state index contributed by atoms with van der Waals surface area (Å²) >= 11 is 0. The highest BCUT2D eigenvalue weighted by Gasteiger charge is 2.09. The van der Waals surface area contributed by atoms with Crippen molar-refractivity contribution in [3.05, 3.63) is 0 Å². The predicted molar refractivity (Wildman–Crippen MR) is 25.4 cm³/mol. The summed E-state index contributed by atoms with van der Waals surface area (Å²) in [6.45, 7) is 1.56. The van der Waals surface area contributed by atoms with Crippen LogP contribution in [0.1, 0.15) is 6.92 Å².